The normalized spacial score (nSPS) is 19.7. The molecule has 0 aliphatic rings. The first kappa shape index (κ1) is 10.8. The highest BCUT2D eigenvalue weighted by Crippen LogP contribution is 2.21. The van der Waals surface area contributed by atoms with Crippen LogP contribution in [0.25, 0.3) is 0 Å². The highest BCUT2D eigenvalue weighted by atomic mass is 28.3. The van der Waals surface area contributed by atoms with E-state index in [1.807, 2.05) is 13.8 Å². The summed E-state index contributed by atoms with van der Waals surface area (Å²) in [5, 5.41) is 9.39. The Hall–Kier alpha value is -0.153. The van der Waals surface area contributed by atoms with Gasteiger partial charge >= 0.3 is 0 Å². The van der Waals surface area contributed by atoms with Crippen molar-refractivity contribution in [2.75, 3.05) is 7.05 Å². The summed E-state index contributed by atoms with van der Waals surface area (Å²) < 4.78 is 0. The third-order valence-corrected chi connectivity index (χ3v) is 5.78. The fraction of sp³-hybridized carbons (Fsp3) is 0.875. The molecule has 0 rings (SSSR count). The summed E-state index contributed by atoms with van der Waals surface area (Å²) in [4.78, 5) is 4.03. The van der Waals surface area contributed by atoms with Gasteiger partial charge < -0.3 is 5.11 Å². The third-order valence-electron chi connectivity index (χ3n) is 2.50. The minimum absolute atomic E-state index is 0.665. The predicted molar refractivity (Wildman–Crippen MR) is 53.0 cm³/mol. The quantitative estimate of drug-likeness (QED) is 0.500. The maximum Gasteiger partial charge on any atom is 0.0889 e. The van der Waals surface area contributed by atoms with E-state index >= 15 is 0 Å². The van der Waals surface area contributed by atoms with E-state index in [1.165, 1.54) is 0 Å². The lowest BCUT2D eigenvalue weighted by Gasteiger charge is -2.35. The van der Waals surface area contributed by atoms with Gasteiger partial charge in [0, 0.05) is 12.8 Å². The SMILES string of the molecule is CN=C(C)C(C)(O)[Si](C)(C)C. The van der Waals surface area contributed by atoms with Crippen molar-refractivity contribution in [3.05, 3.63) is 0 Å². The third kappa shape index (κ3) is 2.14. The summed E-state index contributed by atoms with van der Waals surface area (Å²) in [6.07, 6.45) is 0. The zero-order valence-corrected chi connectivity index (χ0v) is 9.39. The second-order valence-electron chi connectivity index (χ2n) is 4.13. The van der Waals surface area contributed by atoms with Crippen molar-refractivity contribution in [1.82, 2.24) is 0 Å². The fourth-order valence-corrected chi connectivity index (χ4v) is 1.96. The van der Waals surface area contributed by atoms with Gasteiger partial charge in [-0.3, -0.25) is 4.99 Å². The molecule has 0 bridgehead atoms. The van der Waals surface area contributed by atoms with Gasteiger partial charge in [-0.1, -0.05) is 19.6 Å². The predicted octanol–water partition coefficient (Wildman–Crippen LogP) is 1.71. The van der Waals surface area contributed by atoms with Gasteiger partial charge in [0.1, 0.15) is 0 Å². The first-order valence-electron chi connectivity index (χ1n) is 3.89. The molecule has 1 N–H and O–H groups in total. The highest BCUT2D eigenvalue weighted by molar-refractivity contribution is 6.82. The van der Waals surface area contributed by atoms with Crippen LogP contribution in [0.1, 0.15) is 13.8 Å². The Morgan fingerprint density at radius 3 is 1.82 bits per heavy atom. The number of aliphatic hydroxyl groups is 1. The zero-order chi connectivity index (χ0) is 9.28. The fourth-order valence-electron chi connectivity index (χ4n) is 0.760. The lowest BCUT2D eigenvalue weighted by atomic mass is 10.2. The Labute approximate surface area is 70.4 Å². The largest absolute Gasteiger partial charge is 0.388 e. The number of hydrogen-bond acceptors (Lipinski definition) is 2. The maximum absolute atomic E-state index is 10.1. The molecule has 0 spiro atoms. The average molecular weight is 173 g/mol. The Kier molecular flexibility index (Phi) is 3.03. The molecule has 0 aromatic rings. The van der Waals surface area contributed by atoms with Crippen LogP contribution >= 0.6 is 0 Å². The molecule has 0 aromatic carbocycles. The molecule has 0 heterocycles. The molecule has 0 amide bonds. The highest BCUT2D eigenvalue weighted by Gasteiger charge is 2.39. The van der Waals surface area contributed by atoms with Crippen molar-refractivity contribution in [2.45, 2.75) is 38.7 Å². The molecule has 1 unspecified atom stereocenters. The molecular formula is C8H19NOSi. The van der Waals surface area contributed by atoms with E-state index in [2.05, 4.69) is 24.6 Å². The van der Waals surface area contributed by atoms with Crippen molar-refractivity contribution in [3.8, 4) is 0 Å². The summed E-state index contributed by atoms with van der Waals surface area (Å²) in [6, 6.07) is 0. The van der Waals surface area contributed by atoms with Gasteiger partial charge in [0.15, 0.2) is 0 Å². The summed E-state index contributed by atoms with van der Waals surface area (Å²) in [5.74, 6) is 0. The first-order chi connectivity index (χ1) is 4.73. The number of rotatable bonds is 2. The van der Waals surface area contributed by atoms with Gasteiger partial charge in [0.05, 0.1) is 13.3 Å². The van der Waals surface area contributed by atoms with E-state index in [0.29, 0.717) is 0 Å². The molecule has 0 aliphatic heterocycles. The molecule has 3 heteroatoms. The van der Waals surface area contributed by atoms with Gasteiger partial charge in [-0.05, 0) is 13.8 Å². The van der Waals surface area contributed by atoms with Gasteiger partial charge in [0.2, 0.25) is 0 Å². The molecule has 0 radical (unpaired) electrons. The van der Waals surface area contributed by atoms with Crippen molar-refractivity contribution in [2.24, 2.45) is 4.99 Å². The molecule has 0 aromatic heterocycles. The molecule has 0 saturated heterocycles. The van der Waals surface area contributed by atoms with Crippen molar-refractivity contribution < 1.29 is 5.11 Å². The van der Waals surface area contributed by atoms with Crippen LogP contribution in [0.4, 0.5) is 0 Å². The van der Waals surface area contributed by atoms with E-state index < -0.39 is 13.3 Å². The van der Waals surface area contributed by atoms with Crippen molar-refractivity contribution in [1.29, 1.82) is 0 Å². The van der Waals surface area contributed by atoms with E-state index in [0.717, 1.165) is 5.71 Å². The monoisotopic (exact) mass is 173 g/mol. The van der Waals surface area contributed by atoms with Crippen LogP contribution in [0, 0.1) is 0 Å². The van der Waals surface area contributed by atoms with Crippen LogP contribution in [-0.4, -0.2) is 31.2 Å². The number of hydrogen-bond donors (Lipinski definition) is 1. The van der Waals surface area contributed by atoms with Crippen LogP contribution in [0.15, 0.2) is 4.99 Å². The molecule has 0 saturated carbocycles. The minimum atomic E-state index is -1.54. The Bertz CT molecular complexity index is 167. The van der Waals surface area contributed by atoms with Crippen LogP contribution in [0.3, 0.4) is 0 Å². The molecule has 11 heavy (non-hydrogen) atoms. The van der Waals surface area contributed by atoms with Gasteiger partial charge in [0.25, 0.3) is 0 Å². The zero-order valence-electron chi connectivity index (χ0n) is 8.39. The average Bonchev–Trinajstić information content (AvgIpc) is 1.83. The smallest absolute Gasteiger partial charge is 0.0889 e. The standard InChI is InChI=1S/C8H19NOSi/c1-7(9-3)8(2,10)11(4,5)6/h10H,1-6H3. The Morgan fingerprint density at radius 1 is 1.36 bits per heavy atom. The van der Waals surface area contributed by atoms with Crippen molar-refractivity contribution in [3.63, 3.8) is 0 Å². The summed E-state index contributed by atoms with van der Waals surface area (Å²) in [7, 11) is 0.182. The van der Waals surface area contributed by atoms with Crippen LogP contribution in [-0.2, 0) is 0 Å². The maximum atomic E-state index is 10.1. The molecule has 1 atom stereocenters. The first-order valence-corrected chi connectivity index (χ1v) is 7.39. The summed E-state index contributed by atoms with van der Waals surface area (Å²) in [6.45, 7) is 10.2. The minimum Gasteiger partial charge on any atom is -0.388 e. The van der Waals surface area contributed by atoms with E-state index in [9.17, 15) is 5.11 Å². The van der Waals surface area contributed by atoms with E-state index in [4.69, 9.17) is 0 Å². The Balaban J connectivity index is 4.74. The number of nitrogens with zero attached hydrogens (tertiary/aromatic N) is 1. The second kappa shape index (κ2) is 3.07. The lowest BCUT2D eigenvalue weighted by molar-refractivity contribution is 0.206. The molecule has 0 fully saturated rings. The van der Waals surface area contributed by atoms with Gasteiger partial charge in [-0.15, -0.1) is 0 Å². The Morgan fingerprint density at radius 2 is 1.73 bits per heavy atom. The summed E-state index contributed by atoms with van der Waals surface area (Å²) >= 11 is 0. The lowest BCUT2D eigenvalue weighted by Crippen LogP contribution is -2.54. The van der Waals surface area contributed by atoms with Crippen molar-refractivity contribution >= 4 is 13.8 Å². The van der Waals surface area contributed by atoms with Crippen LogP contribution < -0.4 is 0 Å². The van der Waals surface area contributed by atoms with Crippen LogP contribution in [0.2, 0.25) is 19.6 Å². The summed E-state index contributed by atoms with van der Waals surface area (Å²) in [5.41, 5.74) is 0.844. The van der Waals surface area contributed by atoms with Crippen LogP contribution in [0.5, 0.6) is 0 Å². The van der Waals surface area contributed by atoms with Gasteiger partial charge in [-0.25, -0.2) is 0 Å². The second-order valence-corrected chi connectivity index (χ2v) is 9.60. The molecule has 66 valence electrons. The molecule has 0 aliphatic carbocycles. The topological polar surface area (TPSA) is 32.6 Å². The number of aliphatic imine (C=N–C) groups is 1. The van der Waals surface area contributed by atoms with Gasteiger partial charge in [-0.2, -0.15) is 0 Å². The molecular weight excluding hydrogens is 154 g/mol. The molecule has 2 nitrogen and oxygen atoms in total. The van der Waals surface area contributed by atoms with E-state index in [1.54, 1.807) is 7.05 Å². The van der Waals surface area contributed by atoms with E-state index in [-0.39, 0.29) is 0 Å².